The van der Waals surface area contributed by atoms with Crippen LogP contribution in [0.1, 0.15) is 13.3 Å². The fourth-order valence-corrected chi connectivity index (χ4v) is 5.04. The summed E-state index contributed by atoms with van der Waals surface area (Å²) in [5.41, 5.74) is 0. The lowest BCUT2D eigenvalue weighted by Gasteiger charge is -2.47. The number of carbonyl (C=O) groups is 2. The zero-order valence-corrected chi connectivity index (χ0v) is 18.7. The molecule has 33 heavy (non-hydrogen) atoms. The third kappa shape index (κ3) is 6.12. The van der Waals surface area contributed by atoms with Gasteiger partial charge in [0.1, 0.15) is 36.6 Å². The van der Waals surface area contributed by atoms with Gasteiger partial charge in [-0.1, -0.05) is 0 Å². The molecule has 0 aromatic rings. The van der Waals surface area contributed by atoms with Crippen LogP contribution in [0.3, 0.4) is 0 Å². The number of aliphatic hydroxyl groups excluding tert-OH is 7. The maximum absolute atomic E-state index is 12.2. The third-order valence-corrected chi connectivity index (χ3v) is 6.97. The molecule has 2 saturated heterocycles. The number of methoxy groups -OCH3 is 1. The Morgan fingerprint density at radius 2 is 1.82 bits per heavy atom. The van der Waals surface area contributed by atoms with Crippen molar-refractivity contribution in [2.24, 2.45) is 0 Å². The summed E-state index contributed by atoms with van der Waals surface area (Å²) in [6.45, 7) is 0.220. The van der Waals surface area contributed by atoms with Crippen LogP contribution in [0.25, 0.3) is 0 Å². The van der Waals surface area contributed by atoms with Gasteiger partial charge in [0.25, 0.3) is 0 Å². The highest BCUT2D eigenvalue weighted by molar-refractivity contribution is 8.01. The van der Waals surface area contributed by atoms with E-state index in [1.54, 1.807) is 0 Å². The van der Waals surface area contributed by atoms with Crippen LogP contribution < -0.4 is 5.32 Å². The van der Waals surface area contributed by atoms with E-state index in [9.17, 15) is 45.3 Å². The molecule has 9 N–H and O–H groups in total. The molecular weight excluding hydrogens is 470 g/mol. The summed E-state index contributed by atoms with van der Waals surface area (Å²) in [4.78, 5) is 21.5. The summed E-state index contributed by atoms with van der Waals surface area (Å²) < 4.78 is 15.9. The molecule has 0 saturated carbocycles. The van der Waals surface area contributed by atoms with Gasteiger partial charge in [-0.15, -0.1) is 11.8 Å². The van der Waals surface area contributed by atoms with Gasteiger partial charge in [-0.05, 0) is 0 Å². The molecule has 2 heterocycles. The predicted octanol–water partition coefficient (Wildman–Crippen LogP) is -4.68. The average molecular weight is 502 g/mol. The quantitative estimate of drug-likeness (QED) is 0.144. The van der Waals surface area contributed by atoms with Gasteiger partial charge in [0.15, 0.2) is 6.29 Å². The summed E-state index contributed by atoms with van der Waals surface area (Å²) in [6.07, 6.45) is -14.7. The van der Waals surface area contributed by atoms with Gasteiger partial charge in [-0.3, -0.25) is 4.79 Å². The predicted molar refractivity (Wildman–Crippen MR) is 109 cm³/mol. The molecule has 1 amide bonds. The number of thioether (sulfide) groups is 1. The zero-order chi connectivity index (χ0) is 25.1. The summed E-state index contributed by atoms with van der Waals surface area (Å²) in [5, 5.41) is 82.4. The highest BCUT2D eigenvalue weighted by Gasteiger charge is 2.56. The van der Waals surface area contributed by atoms with E-state index in [2.05, 4.69) is 5.32 Å². The Labute approximate surface area is 193 Å². The maximum atomic E-state index is 12.2. The monoisotopic (exact) mass is 501 g/mol. The van der Waals surface area contributed by atoms with Crippen LogP contribution in [0, 0.1) is 0 Å². The molecular formula is C18H31NO13S. The van der Waals surface area contributed by atoms with E-state index in [-0.39, 0.29) is 5.75 Å². The summed E-state index contributed by atoms with van der Waals surface area (Å²) >= 11 is 0.561. The first-order chi connectivity index (χ1) is 15.4. The Balaban J connectivity index is 2.28. The lowest BCUT2D eigenvalue weighted by atomic mass is 9.90. The molecule has 0 radical (unpaired) electrons. The second-order valence-corrected chi connectivity index (χ2v) is 9.22. The SMILES string of the molecule is COC1OC(CSC2(C(=O)O)CC(O)C(NC(C)=O)C([C@H](O)[C@H](O)CO)O2)C(O)C(O)C1O. The largest absolute Gasteiger partial charge is 0.478 e. The highest BCUT2D eigenvalue weighted by atomic mass is 32.2. The van der Waals surface area contributed by atoms with Gasteiger partial charge in [-0.25, -0.2) is 4.79 Å². The Kier molecular flexibility index (Phi) is 9.84. The van der Waals surface area contributed by atoms with Crippen molar-refractivity contribution >= 4 is 23.6 Å². The number of hydrogen-bond donors (Lipinski definition) is 9. The van der Waals surface area contributed by atoms with E-state index in [1.807, 2.05) is 0 Å². The fourth-order valence-electron chi connectivity index (χ4n) is 3.74. The van der Waals surface area contributed by atoms with Gasteiger partial charge < -0.3 is 60.4 Å². The van der Waals surface area contributed by atoms with Crippen molar-refractivity contribution in [2.75, 3.05) is 19.5 Å². The van der Waals surface area contributed by atoms with Crippen molar-refractivity contribution in [3.8, 4) is 0 Å². The lowest BCUT2D eigenvalue weighted by Crippen LogP contribution is -2.66. The molecule has 9 unspecified atom stereocenters. The molecule has 0 aliphatic carbocycles. The van der Waals surface area contributed by atoms with Crippen molar-refractivity contribution in [2.45, 2.75) is 79.4 Å². The van der Waals surface area contributed by atoms with Crippen molar-refractivity contribution in [3.05, 3.63) is 0 Å². The van der Waals surface area contributed by atoms with Crippen LogP contribution in [-0.4, -0.2) is 138 Å². The van der Waals surface area contributed by atoms with Crippen molar-refractivity contribution in [1.29, 1.82) is 0 Å². The maximum Gasteiger partial charge on any atom is 0.346 e. The first kappa shape index (κ1) is 28.1. The number of nitrogens with one attached hydrogen (secondary N) is 1. The minimum absolute atomic E-state index is 0.319. The summed E-state index contributed by atoms with van der Waals surface area (Å²) in [7, 11) is 1.20. The van der Waals surface area contributed by atoms with E-state index < -0.39 is 91.0 Å². The molecule has 0 spiro atoms. The summed E-state index contributed by atoms with van der Waals surface area (Å²) in [6, 6.07) is -1.31. The number of aliphatic carboxylic acids is 1. The lowest BCUT2D eigenvalue weighted by molar-refractivity contribution is -0.285. The van der Waals surface area contributed by atoms with Crippen LogP contribution in [0.4, 0.5) is 0 Å². The van der Waals surface area contributed by atoms with Gasteiger partial charge in [0, 0.05) is 26.2 Å². The number of ether oxygens (including phenoxy) is 3. The first-order valence-corrected chi connectivity index (χ1v) is 11.1. The number of carbonyl (C=O) groups excluding carboxylic acids is 1. The molecule has 2 fully saturated rings. The zero-order valence-electron chi connectivity index (χ0n) is 17.9. The van der Waals surface area contributed by atoms with E-state index in [1.165, 1.54) is 7.11 Å². The molecule has 0 bridgehead atoms. The van der Waals surface area contributed by atoms with Gasteiger partial charge in [0.2, 0.25) is 10.8 Å². The molecule has 2 aliphatic heterocycles. The number of carboxylic acid groups (broad SMARTS) is 1. The smallest absolute Gasteiger partial charge is 0.346 e. The van der Waals surface area contributed by atoms with E-state index in [0.29, 0.717) is 11.8 Å². The normalized spacial score (nSPS) is 41.2. The number of hydrogen-bond acceptors (Lipinski definition) is 13. The number of aliphatic hydroxyl groups is 7. The van der Waals surface area contributed by atoms with Crippen LogP contribution in [0.15, 0.2) is 0 Å². The van der Waals surface area contributed by atoms with E-state index in [0.717, 1.165) is 6.92 Å². The standard InChI is InChI=1S/C18H31NO13S/c1-6(21)19-10-7(22)3-18(17(28)29,32-15(10)11(24)8(23)4-20)33-5-9-12(25)13(26)14(27)16(30-2)31-9/h7-16,20,22-27H,3-5H2,1-2H3,(H,19,21)(H,28,29)/t7?,8-,9?,10?,11-,12?,13?,14?,15?,16?,18?/m1/s1. The van der Waals surface area contributed by atoms with Gasteiger partial charge in [0.05, 0.1) is 24.9 Å². The number of amides is 1. The first-order valence-electron chi connectivity index (χ1n) is 10.1. The molecule has 2 rings (SSSR count). The fraction of sp³-hybridized carbons (Fsp3) is 0.889. The van der Waals surface area contributed by atoms with Crippen molar-refractivity contribution in [3.63, 3.8) is 0 Å². The van der Waals surface area contributed by atoms with Crippen molar-refractivity contribution in [1.82, 2.24) is 5.32 Å². The topological polar surface area (TPSA) is 236 Å². The van der Waals surface area contributed by atoms with E-state index in [4.69, 9.17) is 19.3 Å². The minimum Gasteiger partial charge on any atom is -0.478 e. The van der Waals surface area contributed by atoms with Crippen LogP contribution in [0.2, 0.25) is 0 Å². The van der Waals surface area contributed by atoms with E-state index >= 15 is 0 Å². The Morgan fingerprint density at radius 3 is 2.33 bits per heavy atom. The molecule has 14 nitrogen and oxygen atoms in total. The molecule has 0 aromatic carbocycles. The molecule has 2 aliphatic rings. The van der Waals surface area contributed by atoms with Gasteiger partial charge >= 0.3 is 5.97 Å². The average Bonchev–Trinajstić information content (AvgIpc) is 2.77. The highest BCUT2D eigenvalue weighted by Crippen LogP contribution is 2.41. The molecule has 192 valence electrons. The minimum atomic E-state index is -2.23. The summed E-state index contributed by atoms with van der Waals surface area (Å²) in [5.74, 6) is -2.51. The van der Waals surface area contributed by atoms with Crippen molar-refractivity contribution < 1.29 is 64.7 Å². The Morgan fingerprint density at radius 1 is 1.18 bits per heavy atom. The third-order valence-electron chi connectivity index (χ3n) is 5.57. The van der Waals surface area contributed by atoms with Crippen LogP contribution in [-0.2, 0) is 23.8 Å². The molecule has 11 atom stereocenters. The number of rotatable bonds is 9. The Bertz CT molecular complexity index is 684. The number of carboxylic acids is 1. The second kappa shape index (κ2) is 11.5. The van der Waals surface area contributed by atoms with Gasteiger partial charge in [-0.2, -0.15) is 0 Å². The molecule has 15 heteroatoms. The Hall–Kier alpha value is -1.11. The van der Waals surface area contributed by atoms with Crippen LogP contribution >= 0.6 is 11.8 Å². The molecule has 0 aromatic heterocycles. The van der Waals surface area contributed by atoms with Crippen LogP contribution in [0.5, 0.6) is 0 Å². The second-order valence-electron chi connectivity index (χ2n) is 7.94.